The molecule has 142 valence electrons. The minimum atomic E-state index is -3.74. The summed E-state index contributed by atoms with van der Waals surface area (Å²) in [5, 5.41) is 0. The average Bonchev–Trinajstić information content (AvgIpc) is 3.05. The van der Waals surface area contributed by atoms with Crippen molar-refractivity contribution in [2.24, 2.45) is 5.92 Å². The first-order chi connectivity index (χ1) is 11.6. The van der Waals surface area contributed by atoms with Gasteiger partial charge in [0.15, 0.2) is 0 Å². The summed E-state index contributed by atoms with van der Waals surface area (Å²) < 4.78 is 31.8. The molecule has 0 amide bonds. The first-order valence-corrected chi connectivity index (χ1v) is 11.1. The molecule has 0 aromatic heterocycles. The second kappa shape index (κ2) is 8.22. The maximum absolute atomic E-state index is 13.1. The van der Waals surface area contributed by atoms with Crippen LogP contribution in [0.2, 0.25) is 0 Å². The molecule has 1 saturated carbocycles. The second-order valence-corrected chi connectivity index (χ2v) is 9.93. The van der Waals surface area contributed by atoms with E-state index in [1.54, 1.807) is 0 Å². The Morgan fingerprint density at radius 2 is 1.40 bits per heavy atom. The molecule has 0 spiro atoms. The van der Waals surface area contributed by atoms with Gasteiger partial charge in [-0.2, -0.15) is 8.42 Å². The molecule has 0 bridgehead atoms. The van der Waals surface area contributed by atoms with E-state index < -0.39 is 10.1 Å². The van der Waals surface area contributed by atoms with Crippen LogP contribution in [0.25, 0.3) is 0 Å². The van der Waals surface area contributed by atoms with Gasteiger partial charge in [0.2, 0.25) is 0 Å². The van der Waals surface area contributed by atoms with Gasteiger partial charge in [-0.1, -0.05) is 66.5 Å². The Kier molecular flexibility index (Phi) is 6.72. The van der Waals surface area contributed by atoms with Crippen molar-refractivity contribution in [3.63, 3.8) is 0 Å². The third-order valence-electron chi connectivity index (χ3n) is 5.26. The van der Waals surface area contributed by atoms with Crippen LogP contribution >= 0.6 is 0 Å². The normalized spacial score (nSPS) is 16.5. The molecule has 2 rings (SSSR count). The Balaban J connectivity index is 2.48. The van der Waals surface area contributed by atoms with Crippen LogP contribution in [-0.2, 0) is 14.3 Å². The van der Waals surface area contributed by atoms with Crippen molar-refractivity contribution in [3.05, 3.63) is 28.8 Å². The fourth-order valence-corrected chi connectivity index (χ4v) is 5.26. The first-order valence-electron chi connectivity index (χ1n) is 9.70. The second-order valence-electron chi connectivity index (χ2n) is 8.38. The van der Waals surface area contributed by atoms with Crippen LogP contribution in [-0.4, -0.2) is 15.0 Å². The Morgan fingerprint density at radius 3 is 1.80 bits per heavy atom. The predicted octanol–water partition coefficient (Wildman–Crippen LogP) is 5.95. The molecular formula is C21H34O3S. The molecule has 1 aliphatic carbocycles. The molecule has 0 atom stereocenters. The van der Waals surface area contributed by atoms with E-state index in [0.29, 0.717) is 23.3 Å². The highest BCUT2D eigenvalue weighted by Gasteiger charge is 2.29. The zero-order valence-electron chi connectivity index (χ0n) is 16.6. The van der Waals surface area contributed by atoms with Crippen molar-refractivity contribution >= 4 is 10.1 Å². The summed E-state index contributed by atoms with van der Waals surface area (Å²) in [6, 6.07) is 4.13. The summed E-state index contributed by atoms with van der Waals surface area (Å²) in [5.74, 6) is 1.02. The van der Waals surface area contributed by atoms with Gasteiger partial charge in [-0.25, -0.2) is 0 Å². The lowest BCUT2D eigenvalue weighted by Crippen LogP contribution is -2.18. The Hall–Kier alpha value is -0.870. The van der Waals surface area contributed by atoms with Crippen LogP contribution in [0.5, 0.6) is 0 Å². The third kappa shape index (κ3) is 4.85. The molecule has 1 fully saturated rings. The summed E-state index contributed by atoms with van der Waals surface area (Å²) in [7, 11) is -3.74. The minimum Gasteiger partial charge on any atom is -0.266 e. The van der Waals surface area contributed by atoms with Crippen LogP contribution < -0.4 is 0 Å². The first kappa shape index (κ1) is 20.4. The van der Waals surface area contributed by atoms with Crippen LogP contribution in [0, 0.1) is 5.92 Å². The SMILES string of the molecule is CC(C)c1cc(C(C)C)c(S(=O)(=O)OCC2CCCC2)c(C(C)C)c1. The molecule has 25 heavy (non-hydrogen) atoms. The maximum Gasteiger partial charge on any atom is 0.297 e. The summed E-state index contributed by atoms with van der Waals surface area (Å²) in [5.41, 5.74) is 2.98. The van der Waals surface area contributed by atoms with Crippen LogP contribution in [0.1, 0.15) is 102 Å². The van der Waals surface area contributed by atoms with Crippen molar-refractivity contribution in [3.8, 4) is 0 Å². The molecule has 1 aromatic rings. The predicted molar refractivity (Wildman–Crippen MR) is 104 cm³/mol. The molecular weight excluding hydrogens is 332 g/mol. The summed E-state index contributed by atoms with van der Waals surface area (Å²) in [6.07, 6.45) is 4.53. The maximum atomic E-state index is 13.1. The van der Waals surface area contributed by atoms with Gasteiger partial charge in [-0.3, -0.25) is 4.18 Å². The Bertz CT molecular complexity index is 652. The Labute approximate surface area is 154 Å². The largest absolute Gasteiger partial charge is 0.297 e. The standard InChI is InChI=1S/C21H34O3S/c1-14(2)18-11-19(15(3)4)21(20(12-18)16(5)6)25(22,23)24-13-17-9-7-8-10-17/h11-12,14-17H,7-10,13H2,1-6H3. The van der Waals surface area contributed by atoms with Crippen LogP contribution in [0.15, 0.2) is 17.0 Å². The molecule has 0 unspecified atom stereocenters. The minimum absolute atomic E-state index is 0.135. The smallest absolute Gasteiger partial charge is 0.266 e. The van der Waals surface area contributed by atoms with Crippen molar-refractivity contribution < 1.29 is 12.6 Å². The van der Waals surface area contributed by atoms with E-state index >= 15 is 0 Å². The van der Waals surface area contributed by atoms with Crippen LogP contribution in [0.4, 0.5) is 0 Å². The highest BCUT2D eigenvalue weighted by Crippen LogP contribution is 2.36. The number of benzene rings is 1. The van der Waals surface area contributed by atoms with Gasteiger partial charge in [0, 0.05) is 0 Å². The van der Waals surface area contributed by atoms with Crippen molar-refractivity contribution in [1.82, 2.24) is 0 Å². The molecule has 0 aliphatic heterocycles. The molecule has 1 aliphatic rings. The fourth-order valence-electron chi connectivity index (χ4n) is 3.60. The van der Waals surface area contributed by atoms with Crippen LogP contribution in [0.3, 0.4) is 0 Å². The highest BCUT2D eigenvalue weighted by atomic mass is 32.2. The molecule has 0 radical (unpaired) electrons. The summed E-state index contributed by atoms with van der Waals surface area (Å²) in [6.45, 7) is 12.8. The zero-order chi connectivity index (χ0) is 18.8. The van der Waals surface area contributed by atoms with E-state index in [9.17, 15) is 8.42 Å². The van der Waals surface area contributed by atoms with Gasteiger partial charge in [-0.15, -0.1) is 0 Å². The van der Waals surface area contributed by atoms with Gasteiger partial charge in [0.25, 0.3) is 10.1 Å². The van der Waals surface area contributed by atoms with E-state index in [1.165, 1.54) is 18.4 Å². The van der Waals surface area contributed by atoms with E-state index in [2.05, 4.69) is 53.7 Å². The van der Waals surface area contributed by atoms with Gasteiger partial charge >= 0.3 is 0 Å². The van der Waals surface area contributed by atoms with E-state index in [0.717, 1.165) is 24.0 Å². The van der Waals surface area contributed by atoms with Gasteiger partial charge in [-0.05, 0) is 53.2 Å². The quantitative estimate of drug-likeness (QED) is 0.560. The van der Waals surface area contributed by atoms with E-state index in [-0.39, 0.29) is 11.8 Å². The molecule has 3 nitrogen and oxygen atoms in total. The lowest BCUT2D eigenvalue weighted by Gasteiger charge is -2.23. The summed E-state index contributed by atoms with van der Waals surface area (Å²) >= 11 is 0. The monoisotopic (exact) mass is 366 g/mol. The van der Waals surface area contributed by atoms with E-state index in [4.69, 9.17) is 4.18 Å². The lowest BCUT2D eigenvalue weighted by atomic mass is 9.89. The molecule has 1 aromatic carbocycles. The summed E-state index contributed by atoms with van der Waals surface area (Å²) in [4.78, 5) is 0.417. The molecule has 0 heterocycles. The third-order valence-corrected chi connectivity index (χ3v) is 6.68. The van der Waals surface area contributed by atoms with E-state index in [1.807, 2.05) is 0 Å². The molecule has 0 N–H and O–H groups in total. The zero-order valence-corrected chi connectivity index (χ0v) is 17.4. The fraction of sp³-hybridized carbons (Fsp3) is 0.714. The van der Waals surface area contributed by atoms with Crippen molar-refractivity contribution in [2.75, 3.05) is 6.61 Å². The van der Waals surface area contributed by atoms with Crippen molar-refractivity contribution in [1.29, 1.82) is 0 Å². The Morgan fingerprint density at radius 1 is 0.920 bits per heavy atom. The number of rotatable bonds is 7. The van der Waals surface area contributed by atoms with Gasteiger partial charge < -0.3 is 0 Å². The van der Waals surface area contributed by atoms with Gasteiger partial charge in [0.1, 0.15) is 4.90 Å². The molecule has 0 saturated heterocycles. The highest BCUT2D eigenvalue weighted by molar-refractivity contribution is 7.86. The number of hydrogen-bond acceptors (Lipinski definition) is 3. The number of hydrogen-bond donors (Lipinski definition) is 0. The topological polar surface area (TPSA) is 43.4 Å². The molecule has 4 heteroatoms. The average molecular weight is 367 g/mol. The van der Waals surface area contributed by atoms with Crippen molar-refractivity contribution in [2.45, 2.75) is 89.9 Å². The lowest BCUT2D eigenvalue weighted by molar-refractivity contribution is 0.256. The van der Waals surface area contributed by atoms with Gasteiger partial charge in [0.05, 0.1) is 6.61 Å².